The van der Waals surface area contributed by atoms with E-state index in [-0.39, 0.29) is 5.78 Å². The second kappa shape index (κ2) is 3.10. The molecule has 2 rings (SSSR count). The van der Waals surface area contributed by atoms with Crippen LogP contribution in [0.3, 0.4) is 0 Å². The SMILES string of the molecule is O=C1CCc2c(Br)ccc(I)c21. The Morgan fingerprint density at radius 2 is 2.08 bits per heavy atom. The van der Waals surface area contributed by atoms with Crippen LogP contribution in [0.2, 0.25) is 0 Å². The molecule has 0 amide bonds. The molecule has 0 atom stereocenters. The predicted molar refractivity (Wildman–Crippen MR) is 59.5 cm³/mol. The lowest BCUT2D eigenvalue weighted by atomic mass is 10.1. The van der Waals surface area contributed by atoms with Gasteiger partial charge in [0.2, 0.25) is 0 Å². The second-order valence-electron chi connectivity index (χ2n) is 2.81. The van der Waals surface area contributed by atoms with Crippen LogP contribution in [0.5, 0.6) is 0 Å². The predicted octanol–water partition coefficient (Wildman–Crippen LogP) is 3.18. The van der Waals surface area contributed by atoms with Gasteiger partial charge in [0.1, 0.15) is 0 Å². The molecule has 1 aliphatic rings. The molecule has 12 heavy (non-hydrogen) atoms. The maximum atomic E-state index is 11.4. The molecule has 0 bridgehead atoms. The first-order valence-electron chi connectivity index (χ1n) is 3.70. The van der Waals surface area contributed by atoms with Crippen molar-refractivity contribution >= 4 is 44.3 Å². The van der Waals surface area contributed by atoms with Gasteiger partial charge in [-0.25, -0.2) is 0 Å². The molecule has 1 nitrogen and oxygen atoms in total. The standard InChI is InChI=1S/C9H6BrIO/c10-6-2-3-7(11)9-5(6)1-4-8(9)12/h2-3H,1,4H2. The number of fused-ring (bicyclic) bond motifs is 1. The van der Waals surface area contributed by atoms with Gasteiger partial charge in [0.15, 0.2) is 5.78 Å². The van der Waals surface area contributed by atoms with Crippen LogP contribution >= 0.6 is 38.5 Å². The van der Waals surface area contributed by atoms with E-state index >= 15 is 0 Å². The van der Waals surface area contributed by atoms with Gasteiger partial charge in [0.25, 0.3) is 0 Å². The number of rotatable bonds is 0. The summed E-state index contributed by atoms with van der Waals surface area (Å²) in [7, 11) is 0. The number of hydrogen-bond acceptors (Lipinski definition) is 1. The molecule has 0 radical (unpaired) electrons. The summed E-state index contributed by atoms with van der Waals surface area (Å²) in [6.45, 7) is 0. The number of carbonyl (C=O) groups is 1. The molecular weight excluding hydrogens is 331 g/mol. The van der Waals surface area contributed by atoms with E-state index in [1.165, 1.54) is 5.56 Å². The van der Waals surface area contributed by atoms with Gasteiger partial charge in [0, 0.05) is 20.0 Å². The maximum absolute atomic E-state index is 11.4. The molecule has 3 heteroatoms. The van der Waals surface area contributed by atoms with Gasteiger partial charge < -0.3 is 0 Å². The largest absolute Gasteiger partial charge is 0.294 e. The van der Waals surface area contributed by atoms with E-state index in [1.54, 1.807) is 0 Å². The van der Waals surface area contributed by atoms with Crippen LogP contribution in [0.25, 0.3) is 0 Å². The zero-order valence-electron chi connectivity index (χ0n) is 6.23. The number of hydrogen-bond donors (Lipinski definition) is 0. The molecule has 0 heterocycles. The molecule has 0 N–H and O–H groups in total. The third-order valence-electron chi connectivity index (χ3n) is 2.09. The lowest BCUT2D eigenvalue weighted by Crippen LogP contribution is -1.95. The smallest absolute Gasteiger partial charge is 0.164 e. The molecule has 0 aromatic heterocycles. The highest BCUT2D eigenvalue weighted by atomic mass is 127. The number of Topliss-reactive ketones (excluding diaryl/α,β-unsaturated/α-hetero) is 1. The fourth-order valence-corrected chi connectivity index (χ4v) is 2.84. The Morgan fingerprint density at radius 3 is 2.75 bits per heavy atom. The molecule has 0 fully saturated rings. The molecule has 0 saturated heterocycles. The Balaban J connectivity index is 2.72. The van der Waals surface area contributed by atoms with E-state index in [0.29, 0.717) is 6.42 Å². The molecule has 1 aromatic rings. The van der Waals surface area contributed by atoms with Gasteiger partial charge in [0.05, 0.1) is 0 Å². The molecule has 0 saturated carbocycles. The highest BCUT2D eigenvalue weighted by Gasteiger charge is 2.23. The average Bonchev–Trinajstić information content (AvgIpc) is 2.42. The number of benzene rings is 1. The van der Waals surface area contributed by atoms with Crippen LogP contribution in [0.4, 0.5) is 0 Å². The van der Waals surface area contributed by atoms with E-state index in [4.69, 9.17) is 0 Å². The Bertz CT molecular complexity index is 360. The number of carbonyl (C=O) groups excluding carboxylic acids is 1. The Labute approximate surface area is 92.8 Å². The quantitative estimate of drug-likeness (QED) is 0.665. The third-order valence-corrected chi connectivity index (χ3v) is 3.73. The highest BCUT2D eigenvalue weighted by Crippen LogP contribution is 2.32. The van der Waals surface area contributed by atoms with Crippen molar-refractivity contribution in [2.24, 2.45) is 0 Å². The van der Waals surface area contributed by atoms with Gasteiger partial charge in [-0.2, -0.15) is 0 Å². The zero-order valence-corrected chi connectivity index (χ0v) is 9.98. The summed E-state index contributed by atoms with van der Waals surface area (Å²) in [6, 6.07) is 3.99. The molecule has 62 valence electrons. The second-order valence-corrected chi connectivity index (χ2v) is 4.82. The van der Waals surface area contributed by atoms with Crippen molar-refractivity contribution in [2.45, 2.75) is 12.8 Å². The zero-order chi connectivity index (χ0) is 8.72. The van der Waals surface area contributed by atoms with E-state index in [1.807, 2.05) is 12.1 Å². The van der Waals surface area contributed by atoms with Gasteiger partial charge in [-0.1, -0.05) is 15.9 Å². The summed E-state index contributed by atoms with van der Waals surface area (Å²) in [5, 5.41) is 0. The van der Waals surface area contributed by atoms with Crippen molar-refractivity contribution in [2.75, 3.05) is 0 Å². The topological polar surface area (TPSA) is 17.1 Å². The minimum atomic E-state index is 0.288. The van der Waals surface area contributed by atoms with Crippen LogP contribution in [0, 0.1) is 3.57 Å². The molecule has 1 aromatic carbocycles. The third kappa shape index (κ3) is 1.23. The van der Waals surface area contributed by atoms with Crippen molar-refractivity contribution < 1.29 is 4.79 Å². The number of halogens is 2. The summed E-state index contributed by atoms with van der Waals surface area (Å²) in [6.07, 6.45) is 1.57. The van der Waals surface area contributed by atoms with Crippen molar-refractivity contribution in [1.82, 2.24) is 0 Å². The van der Waals surface area contributed by atoms with Gasteiger partial charge in [-0.15, -0.1) is 0 Å². The minimum absolute atomic E-state index is 0.288. The fraction of sp³-hybridized carbons (Fsp3) is 0.222. The van der Waals surface area contributed by atoms with E-state index < -0.39 is 0 Å². The average molecular weight is 337 g/mol. The van der Waals surface area contributed by atoms with Crippen LogP contribution in [0.1, 0.15) is 22.3 Å². The number of ketones is 1. The van der Waals surface area contributed by atoms with Crippen LogP contribution in [0.15, 0.2) is 16.6 Å². The van der Waals surface area contributed by atoms with Crippen molar-refractivity contribution in [3.8, 4) is 0 Å². The van der Waals surface area contributed by atoms with Gasteiger partial charge in [-0.3, -0.25) is 4.79 Å². The van der Waals surface area contributed by atoms with Crippen LogP contribution in [-0.2, 0) is 6.42 Å². The molecule has 1 aliphatic carbocycles. The summed E-state index contributed by atoms with van der Waals surface area (Å²) in [5.41, 5.74) is 2.12. The normalized spacial score (nSPS) is 15.0. The Morgan fingerprint density at radius 1 is 1.33 bits per heavy atom. The summed E-state index contributed by atoms with van der Waals surface area (Å²) >= 11 is 5.67. The maximum Gasteiger partial charge on any atom is 0.164 e. The molecule has 0 spiro atoms. The Kier molecular flexibility index (Phi) is 2.25. The van der Waals surface area contributed by atoms with Gasteiger partial charge >= 0.3 is 0 Å². The minimum Gasteiger partial charge on any atom is -0.294 e. The van der Waals surface area contributed by atoms with E-state index in [0.717, 1.165) is 20.0 Å². The van der Waals surface area contributed by atoms with Crippen molar-refractivity contribution in [1.29, 1.82) is 0 Å². The molecule has 0 aliphatic heterocycles. The highest BCUT2D eigenvalue weighted by molar-refractivity contribution is 14.1. The summed E-state index contributed by atoms with van der Waals surface area (Å²) in [4.78, 5) is 11.4. The summed E-state index contributed by atoms with van der Waals surface area (Å²) in [5.74, 6) is 0.288. The molecular formula is C9H6BrIO. The first kappa shape index (κ1) is 8.69. The van der Waals surface area contributed by atoms with Crippen molar-refractivity contribution in [3.05, 3.63) is 31.3 Å². The Hall–Kier alpha value is 0.1000. The van der Waals surface area contributed by atoms with Crippen LogP contribution < -0.4 is 0 Å². The van der Waals surface area contributed by atoms with E-state index in [2.05, 4.69) is 38.5 Å². The van der Waals surface area contributed by atoms with Crippen molar-refractivity contribution in [3.63, 3.8) is 0 Å². The first-order chi connectivity index (χ1) is 5.70. The lowest BCUT2D eigenvalue weighted by molar-refractivity contribution is 0.0994. The summed E-state index contributed by atoms with van der Waals surface area (Å²) < 4.78 is 2.15. The first-order valence-corrected chi connectivity index (χ1v) is 5.57. The lowest BCUT2D eigenvalue weighted by Gasteiger charge is -2.02. The van der Waals surface area contributed by atoms with Gasteiger partial charge in [-0.05, 0) is 46.7 Å². The fourth-order valence-electron chi connectivity index (χ4n) is 1.50. The monoisotopic (exact) mass is 336 g/mol. The molecule has 0 unspecified atom stereocenters. The van der Waals surface area contributed by atoms with Crippen LogP contribution in [-0.4, -0.2) is 5.78 Å². The van der Waals surface area contributed by atoms with E-state index in [9.17, 15) is 4.79 Å².